The molecule has 1 N–H and O–H groups in total. The average Bonchev–Trinajstić information content (AvgIpc) is 2.89. The number of benzene rings is 1. The second-order valence-electron chi connectivity index (χ2n) is 5.00. The van der Waals surface area contributed by atoms with Crippen LogP contribution in [0, 0.1) is 18.3 Å². The average molecular weight is 269 g/mol. The maximum Gasteiger partial charge on any atom is 0.290 e. The van der Waals surface area contributed by atoms with Gasteiger partial charge in [0.2, 0.25) is 0 Å². The van der Waals surface area contributed by atoms with Crippen molar-refractivity contribution in [3.63, 3.8) is 0 Å². The molecule has 3 rings (SSSR count). The van der Waals surface area contributed by atoms with Gasteiger partial charge in [-0.05, 0) is 25.1 Å². The molecule has 1 fully saturated rings. The maximum absolute atomic E-state index is 12.5. The van der Waals surface area contributed by atoms with Gasteiger partial charge < -0.3 is 14.6 Å². The fraction of sp³-hybridized carbons (Fsp3) is 0.333. The normalized spacial score (nSPS) is 19.0. The largest absolute Gasteiger partial charge is 0.451 e. The van der Waals surface area contributed by atoms with Crippen molar-refractivity contribution in [3.05, 3.63) is 35.6 Å². The summed E-state index contributed by atoms with van der Waals surface area (Å²) in [6.45, 7) is 3.72. The third-order valence-corrected chi connectivity index (χ3v) is 3.54. The van der Waals surface area contributed by atoms with E-state index in [1.807, 2.05) is 25.1 Å². The first-order valence-corrected chi connectivity index (χ1v) is 6.60. The molecule has 1 aromatic heterocycles. The smallest absolute Gasteiger partial charge is 0.290 e. The molecule has 5 nitrogen and oxygen atoms in total. The quantitative estimate of drug-likeness (QED) is 0.855. The number of amides is 1. The van der Waals surface area contributed by atoms with Gasteiger partial charge in [-0.15, -0.1) is 0 Å². The Balaban J connectivity index is 1.93. The molecule has 0 radical (unpaired) electrons. The van der Waals surface area contributed by atoms with Crippen LogP contribution in [-0.2, 0) is 0 Å². The number of aryl methyl sites for hydroxylation is 1. The van der Waals surface area contributed by atoms with Crippen LogP contribution < -0.4 is 5.32 Å². The first-order valence-electron chi connectivity index (χ1n) is 6.60. The van der Waals surface area contributed by atoms with E-state index in [1.54, 1.807) is 11.0 Å². The van der Waals surface area contributed by atoms with Crippen molar-refractivity contribution >= 4 is 16.9 Å². The van der Waals surface area contributed by atoms with Crippen LogP contribution in [0.4, 0.5) is 0 Å². The molecule has 2 aromatic rings. The molecule has 20 heavy (non-hydrogen) atoms. The van der Waals surface area contributed by atoms with E-state index in [0.717, 1.165) is 10.9 Å². The van der Waals surface area contributed by atoms with Crippen LogP contribution in [0.2, 0.25) is 0 Å². The Bertz CT molecular complexity index is 699. The summed E-state index contributed by atoms with van der Waals surface area (Å²) < 4.78 is 5.61. The minimum Gasteiger partial charge on any atom is -0.451 e. The molecule has 102 valence electrons. The highest BCUT2D eigenvalue weighted by Gasteiger charge is 2.29. The van der Waals surface area contributed by atoms with Crippen molar-refractivity contribution in [1.29, 1.82) is 5.26 Å². The Kier molecular flexibility index (Phi) is 3.17. The minimum absolute atomic E-state index is 0.216. The van der Waals surface area contributed by atoms with Crippen LogP contribution in [0.25, 0.3) is 11.0 Å². The lowest BCUT2D eigenvalue weighted by atomic mass is 10.1. The number of carbonyl (C=O) groups excluding carboxylic acids is 1. The fourth-order valence-corrected chi connectivity index (χ4v) is 2.47. The van der Waals surface area contributed by atoms with Gasteiger partial charge in [0.1, 0.15) is 11.6 Å². The zero-order valence-corrected chi connectivity index (χ0v) is 11.2. The summed E-state index contributed by atoms with van der Waals surface area (Å²) in [6.07, 6.45) is 0. The summed E-state index contributed by atoms with van der Waals surface area (Å²) in [6, 6.07) is 9.25. The van der Waals surface area contributed by atoms with Gasteiger partial charge in [-0.1, -0.05) is 11.6 Å². The molecule has 0 bridgehead atoms. The first-order chi connectivity index (χ1) is 9.69. The Morgan fingerprint density at radius 2 is 2.35 bits per heavy atom. The predicted molar refractivity (Wildman–Crippen MR) is 74.3 cm³/mol. The second-order valence-corrected chi connectivity index (χ2v) is 5.00. The highest BCUT2D eigenvalue weighted by atomic mass is 16.3. The van der Waals surface area contributed by atoms with Crippen molar-refractivity contribution in [2.75, 3.05) is 19.6 Å². The van der Waals surface area contributed by atoms with Crippen LogP contribution in [0.5, 0.6) is 0 Å². The lowest BCUT2D eigenvalue weighted by Crippen LogP contribution is -2.52. The lowest BCUT2D eigenvalue weighted by Gasteiger charge is -2.31. The summed E-state index contributed by atoms with van der Waals surface area (Å²) in [5.74, 6) is 0.0830. The van der Waals surface area contributed by atoms with Gasteiger partial charge in [0.25, 0.3) is 5.91 Å². The summed E-state index contributed by atoms with van der Waals surface area (Å²) in [5.41, 5.74) is 1.82. The molecule has 1 aromatic carbocycles. The lowest BCUT2D eigenvalue weighted by molar-refractivity contribution is 0.0657. The van der Waals surface area contributed by atoms with Gasteiger partial charge >= 0.3 is 0 Å². The highest BCUT2D eigenvalue weighted by molar-refractivity contribution is 5.96. The Hall–Kier alpha value is -2.32. The Morgan fingerprint density at radius 1 is 1.50 bits per heavy atom. The molecule has 0 aliphatic carbocycles. The van der Waals surface area contributed by atoms with Gasteiger partial charge in [-0.3, -0.25) is 4.79 Å². The van der Waals surface area contributed by atoms with Gasteiger partial charge in [-0.25, -0.2) is 0 Å². The van der Waals surface area contributed by atoms with Crippen molar-refractivity contribution in [2.45, 2.75) is 13.0 Å². The number of furan rings is 1. The fourth-order valence-electron chi connectivity index (χ4n) is 2.47. The molecule has 5 heteroatoms. The van der Waals surface area contributed by atoms with Crippen LogP contribution in [0.1, 0.15) is 16.1 Å². The van der Waals surface area contributed by atoms with Gasteiger partial charge in [0, 0.05) is 25.0 Å². The second kappa shape index (κ2) is 4.99. The minimum atomic E-state index is -0.439. The number of nitrogens with one attached hydrogen (secondary N) is 1. The summed E-state index contributed by atoms with van der Waals surface area (Å²) in [4.78, 5) is 14.0. The number of fused-ring (bicyclic) bond motifs is 1. The van der Waals surface area contributed by atoms with Crippen LogP contribution in [-0.4, -0.2) is 36.5 Å². The van der Waals surface area contributed by atoms with E-state index in [2.05, 4.69) is 11.4 Å². The zero-order valence-electron chi connectivity index (χ0n) is 11.2. The molecule has 1 saturated heterocycles. The van der Waals surface area contributed by atoms with E-state index < -0.39 is 6.04 Å². The molecular weight excluding hydrogens is 254 g/mol. The van der Waals surface area contributed by atoms with Crippen molar-refractivity contribution in [2.24, 2.45) is 0 Å². The number of rotatable bonds is 1. The van der Waals surface area contributed by atoms with E-state index in [9.17, 15) is 4.79 Å². The number of hydrogen-bond donors (Lipinski definition) is 1. The molecule has 1 unspecified atom stereocenters. The number of nitrogens with zero attached hydrogens (tertiary/aromatic N) is 2. The summed E-state index contributed by atoms with van der Waals surface area (Å²) in [5, 5.41) is 13.1. The first kappa shape index (κ1) is 12.7. The number of nitriles is 1. The standard InChI is InChI=1S/C15H15N3O2/c1-10-2-3-13-11(6-10)7-14(20-13)15(19)18-5-4-17-9-12(18)8-16/h2-3,6-7,12,17H,4-5,9H2,1H3. The van der Waals surface area contributed by atoms with Crippen LogP contribution >= 0.6 is 0 Å². The summed E-state index contributed by atoms with van der Waals surface area (Å²) >= 11 is 0. The number of piperazine rings is 1. The number of carbonyl (C=O) groups is 1. The number of hydrogen-bond acceptors (Lipinski definition) is 4. The summed E-state index contributed by atoms with van der Waals surface area (Å²) in [7, 11) is 0. The van der Waals surface area contributed by atoms with Crippen LogP contribution in [0.3, 0.4) is 0 Å². The molecule has 1 atom stereocenters. The van der Waals surface area contributed by atoms with E-state index in [-0.39, 0.29) is 5.91 Å². The molecule has 2 heterocycles. The molecule has 1 aliphatic rings. The topological polar surface area (TPSA) is 69.3 Å². The van der Waals surface area contributed by atoms with E-state index in [4.69, 9.17) is 9.68 Å². The van der Waals surface area contributed by atoms with Crippen LogP contribution in [0.15, 0.2) is 28.7 Å². The molecule has 1 aliphatic heterocycles. The van der Waals surface area contributed by atoms with E-state index in [0.29, 0.717) is 31.0 Å². The Morgan fingerprint density at radius 3 is 3.15 bits per heavy atom. The molecular formula is C15H15N3O2. The monoisotopic (exact) mass is 269 g/mol. The third-order valence-electron chi connectivity index (χ3n) is 3.54. The zero-order chi connectivity index (χ0) is 14.1. The van der Waals surface area contributed by atoms with Gasteiger partial charge in [0.15, 0.2) is 5.76 Å². The Labute approximate surface area is 116 Å². The molecule has 0 spiro atoms. The SMILES string of the molecule is Cc1ccc2oc(C(=O)N3CCNCC3C#N)cc2c1. The predicted octanol–water partition coefficient (Wildman–Crippen LogP) is 1.68. The van der Waals surface area contributed by atoms with E-state index >= 15 is 0 Å². The molecule has 1 amide bonds. The van der Waals surface area contributed by atoms with Crippen molar-refractivity contribution in [1.82, 2.24) is 10.2 Å². The van der Waals surface area contributed by atoms with E-state index in [1.165, 1.54) is 0 Å². The van der Waals surface area contributed by atoms with Gasteiger partial charge in [0.05, 0.1) is 6.07 Å². The maximum atomic E-state index is 12.5. The van der Waals surface area contributed by atoms with Gasteiger partial charge in [-0.2, -0.15) is 5.26 Å². The highest BCUT2D eigenvalue weighted by Crippen LogP contribution is 2.22. The van der Waals surface area contributed by atoms with Crippen molar-refractivity contribution in [3.8, 4) is 6.07 Å². The third kappa shape index (κ3) is 2.15. The van der Waals surface area contributed by atoms with Crippen molar-refractivity contribution < 1.29 is 9.21 Å². The molecule has 0 saturated carbocycles.